The summed E-state index contributed by atoms with van der Waals surface area (Å²) in [4.78, 5) is 61.7. The highest BCUT2D eigenvalue weighted by atomic mass is 16.5. The van der Waals surface area contributed by atoms with Crippen molar-refractivity contribution in [2.75, 3.05) is 21.3 Å². The van der Waals surface area contributed by atoms with Crippen molar-refractivity contribution in [3.8, 4) is 0 Å². The maximum absolute atomic E-state index is 13.1. The number of methoxy groups -OCH3 is 3. The van der Waals surface area contributed by atoms with E-state index in [-0.39, 0.29) is 6.42 Å². The molecule has 39 heavy (non-hydrogen) atoms. The van der Waals surface area contributed by atoms with Gasteiger partial charge in [0.15, 0.2) is 5.60 Å². The molecule has 0 bridgehead atoms. The Morgan fingerprint density at radius 1 is 0.821 bits per heavy atom. The highest BCUT2D eigenvalue weighted by molar-refractivity contribution is 5.95. The second kappa shape index (κ2) is 21.1. The first-order valence-electron chi connectivity index (χ1n) is 14.0. The first-order chi connectivity index (χ1) is 18.6. The van der Waals surface area contributed by atoms with Crippen LogP contribution in [-0.2, 0) is 38.2 Å². The number of Topliss-reactive ketones (excluding diaryl/α,β-unsaturated/α-hetero) is 1. The molecule has 3 unspecified atom stereocenters. The van der Waals surface area contributed by atoms with E-state index in [1.165, 1.54) is 32.4 Å². The van der Waals surface area contributed by atoms with Gasteiger partial charge in [0, 0.05) is 12.8 Å². The number of allylic oxidation sites excluding steroid dienone is 1. The topological polar surface area (TPSA) is 145 Å². The van der Waals surface area contributed by atoms with Crippen LogP contribution < -0.4 is 5.32 Å². The number of ether oxygens (including phenoxy) is 3. The number of unbranched alkanes of at least 4 members (excludes halogenated alkanes) is 8. The number of rotatable bonds is 22. The Hall–Kier alpha value is -2.75. The average Bonchev–Trinajstić information content (AvgIpc) is 2.93. The SMILES string of the molecule is CCCCCCCC(=O)CCCCCC/C=C/C(C(=O)NC(CC)C(=O)OC)C(O)(CC(=O)OC)C(=O)OC. The van der Waals surface area contributed by atoms with Crippen LogP contribution >= 0.6 is 0 Å². The summed E-state index contributed by atoms with van der Waals surface area (Å²) in [7, 11) is 3.31. The number of carbonyl (C=O) groups is 5. The number of esters is 3. The van der Waals surface area contributed by atoms with E-state index in [0.717, 1.165) is 52.7 Å². The van der Waals surface area contributed by atoms with E-state index in [0.29, 0.717) is 25.0 Å². The van der Waals surface area contributed by atoms with Crippen molar-refractivity contribution in [1.82, 2.24) is 5.32 Å². The number of amides is 1. The molecule has 0 aromatic rings. The van der Waals surface area contributed by atoms with E-state index in [9.17, 15) is 29.1 Å². The van der Waals surface area contributed by atoms with Crippen molar-refractivity contribution in [2.24, 2.45) is 5.92 Å². The van der Waals surface area contributed by atoms with Crippen LogP contribution in [0.1, 0.15) is 104 Å². The highest BCUT2D eigenvalue weighted by Gasteiger charge is 2.50. The minimum Gasteiger partial charge on any atom is -0.469 e. The summed E-state index contributed by atoms with van der Waals surface area (Å²) in [6.45, 7) is 3.83. The summed E-state index contributed by atoms with van der Waals surface area (Å²) in [6.07, 6.45) is 13.2. The van der Waals surface area contributed by atoms with Crippen LogP contribution in [0, 0.1) is 5.92 Å². The standard InChI is InChI=1S/C29H49NO9/c1-6-8-9-12-15-18-22(31)19-16-13-10-11-14-17-20-23(26(33)30-24(7-2)27(34)38-4)29(36,28(35)39-5)21-25(32)37-3/h17,20,23-24,36H,6-16,18-19,21H2,1-5H3,(H,30,33)/b20-17+. The molecule has 0 radical (unpaired) electrons. The number of hydrogen-bond donors (Lipinski definition) is 2. The molecule has 1 amide bonds. The van der Waals surface area contributed by atoms with Crippen molar-refractivity contribution in [2.45, 2.75) is 115 Å². The molecule has 0 aliphatic rings. The molecule has 224 valence electrons. The quantitative estimate of drug-likeness (QED) is 0.0877. The Morgan fingerprint density at radius 3 is 1.92 bits per heavy atom. The van der Waals surface area contributed by atoms with Crippen LogP contribution in [0.3, 0.4) is 0 Å². The molecular weight excluding hydrogens is 506 g/mol. The maximum atomic E-state index is 13.1. The predicted molar refractivity (Wildman–Crippen MR) is 147 cm³/mol. The Kier molecular flexibility index (Phi) is 19.6. The Balaban J connectivity index is 5.12. The minimum atomic E-state index is -2.55. The van der Waals surface area contributed by atoms with E-state index in [4.69, 9.17) is 9.47 Å². The largest absolute Gasteiger partial charge is 0.469 e. The van der Waals surface area contributed by atoms with Gasteiger partial charge in [-0.2, -0.15) is 0 Å². The monoisotopic (exact) mass is 555 g/mol. The summed E-state index contributed by atoms with van der Waals surface area (Å²) < 4.78 is 14.0. The Bertz CT molecular complexity index is 796. The second-order valence-corrected chi connectivity index (χ2v) is 9.72. The van der Waals surface area contributed by atoms with Gasteiger partial charge in [-0.25, -0.2) is 9.59 Å². The van der Waals surface area contributed by atoms with Crippen LogP contribution in [0.25, 0.3) is 0 Å². The average molecular weight is 556 g/mol. The highest BCUT2D eigenvalue weighted by Crippen LogP contribution is 2.27. The van der Waals surface area contributed by atoms with Gasteiger partial charge in [-0.15, -0.1) is 0 Å². The van der Waals surface area contributed by atoms with Gasteiger partial charge in [0.1, 0.15) is 11.8 Å². The van der Waals surface area contributed by atoms with E-state index >= 15 is 0 Å². The van der Waals surface area contributed by atoms with E-state index in [1.54, 1.807) is 13.0 Å². The van der Waals surface area contributed by atoms with Gasteiger partial charge in [0.05, 0.1) is 33.7 Å². The lowest BCUT2D eigenvalue weighted by Crippen LogP contribution is -2.55. The smallest absolute Gasteiger partial charge is 0.339 e. The van der Waals surface area contributed by atoms with Gasteiger partial charge >= 0.3 is 17.9 Å². The van der Waals surface area contributed by atoms with Crippen LogP contribution in [0.5, 0.6) is 0 Å². The third-order valence-electron chi connectivity index (χ3n) is 6.65. The summed E-state index contributed by atoms with van der Waals surface area (Å²) >= 11 is 0. The number of carbonyl (C=O) groups excluding carboxylic acids is 5. The van der Waals surface area contributed by atoms with Crippen LogP contribution in [0.15, 0.2) is 12.2 Å². The molecule has 0 rings (SSSR count). The van der Waals surface area contributed by atoms with Gasteiger partial charge < -0.3 is 24.6 Å². The van der Waals surface area contributed by atoms with Crippen LogP contribution in [0.4, 0.5) is 0 Å². The zero-order chi connectivity index (χ0) is 29.7. The number of aliphatic hydroxyl groups is 1. The summed E-state index contributed by atoms with van der Waals surface area (Å²) in [5.74, 6) is -4.84. The van der Waals surface area contributed by atoms with Crippen molar-refractivity contribution < 1.29 is 43.3 Å². The third kappa shape index (κ3) is 14.3. The summed E-state index contributed by atoms with van der Waals surface area (Å²) in [5.41, 5.74) is -2.55. The first kappa shape index (κ1) is 36.2. The lowest BCUT2D eigenvalue weighted by molar-refractivity contribution is -0.176. The normalized spacial score (nSPS) is 14.2. The fourth-order valence-electron chi connectivity index (χ4n) is 4.19. The van der Waals surface area contributed by atoms with Crippen molar-refractivity contribution >= 4 is 29.6 Å². The van der Waals surface area contributed by atoms with Crippen LogP contribution in [0.2, 0.25) is 0 Å². The molecule has 0 fully saturated rings. The Labute approximate surface area is 233 Å². The van der Waals surface area contributed by atoms with Gasteiger partial charge in [-0.3, -0.25) is 14.4 Å². The van der Waals surface area contributed by atoms with Gasteiger partial charge in [0.25, 0.3) is 0 Å². The molecular formula is C29H49NO9. The zero-order valence-electron chi connectivity index (χ0n) is 24.4. The molecule has 10 heteroatoms. The number of nitrogens with one attached hydrogen (secondary N) is 1. The lowest BCUT2D eigenvalue weighted by atomic mass is 9.82. The molecule has 0 saturated heterocycles. The zero-order valence-corrected chi connectivity index (χ0v) is 24.4. The van der Waals surface area contributed by atoms with Crippen molar-refractivity contribution in [3.05, 3.63) is 12.2 Å². The van der Waals surface area contributed by atoms with Crippen molar-refractivity contribution in [1.29, 1.82) is 0 Å². The number of ketones is 1. The first-order valence-corrected chi connectivity index (χ1v) is 14.0. The number of hydrogen-bond acceptors (Lipinski definition) is 9. The van der Waals surface area contributed by atoms with Crippen molar-refractivity contribution in [3.63, 3.8) is 0 Å². The molecule has 10 nitrogen and oxygen atoms in total. The van der Waals surface area contributed by atoms with Gasteiger partial charge in [0.2, 0.25) is 5.91 Å². The molecule has 0 spiro atoms. The summed E-state index contributed by atoms with van der Waals surface area (Å²) in [6, 6.07) is -1.00. The van der Waals surface area contributed by atoms with E-state index in [2.05, 4.69) is 17.0 Å². The third-order valence-corrected chi connectivity index (χ3v) is 6.65. The molecule has 0 aliphatic heterocycles. The van der Waals surface area contributed by atoms with Gasteiger partial charge in [-0.1, -0.05) is 64.5 Å². The van der Waals surface area contributed by atoms with Crippen LogP contribution in [-0.4, -0.2) is 67.7 Å². The fraction of sp³-hybridized carbons (Fsp3) is 0.759. The molecule has 0 heterocycles. The molecule has 0 saturated carbocycles. The second-order valence-electron chi connectivity index (χ2n) is 9.72. The molecule has 2 N–H and O–H groups in total. The molecule has 0 aromatic heterocycles. The molecule has 0 aliphatic carbocycles. The maximum Gasteiger partial charge on any atom is 0.339 e. The van der Waals surface area contributed by atoms with Gasteiger partial charge in [-0.05, 0) is 32.1 Å². The van der Waals surface area contributed by atoms with E-state index in [1.807, 2.05) is 0 Å². The fourth-order valence-corrected chi connectivity index (χ4v) is 4.19. The lowest BCUT2D eigenvalue weighted by Gasteiger charge is -2.31. The Morgan fingerprint density at radius 2 is 1.41 bits per heavy atom. The molecule has 3 atom stereocenters. The summed E-state index contributed by atoms with van der Waals surface area (Å²) in [5, 5.41) is 13.7. The van der Waals surface area contributed by atoms with E-state index < -0.39 is 47.8 Å². The molecule has 0 aromatic carbocycles. The minimum absolute atomic E-state index is 0.212. The predicted octanol–water partition coefficient (Wildman–Crippen LogP) is 3.96.